The van der Waals surface area contributed by atoms with Crippen LogP contribution < -0.4 is 5.32 Å². The lowest BCUT2D eigenvalue weighted by Crippen LogP contribution is -2.24. The Morgan fingerprint density at radius 1 is 1.29 bits per heavy atom. The zero-order valence-electron chi connectivity index (χ0n) is 12.2. The quantitative estimate of drug-likeness (QED) is 0.907. The molecule has 0 spiro atoms. The first-order valence-electron chi connectivity index (χ1n) is 6.78. The van der Waals surface area contributed by atoms with Gasteiger partial charge >= 0.3 is 0 Å². The van der Waals surface area contributed by atoms with E-state index in [9.17, 15) is 8.78 Å². The van der Waals surface area contributed by atoms with Gasteiger partial charge in [0.1, 0.15) is 11.6 Å². The van der Waals surface area contributed by atoms with Crippen molar-refractivity contribution >= 4 is 11.6 Å². The summed E-state index contributed by atoms with van der Waals surface area (Å²) >= 11 is 6.20. The Labute approximate surface area is 127 Å². The summed E-state index contributed by atoms with van der Waals surface area (Å²) in [7, 11) is 1.73. The fourth-order valence-electron chi connectivity index (χ4n) is 2.36. The first-order valence-corrected chi connectivity index (χ1v) is 7.16. The highest BCUT2D eigenvalue weighted by Crippen LogP contribution is 2.29. The number of hydrogen-bond acceptors (Lipinski definition) is 2. The molecule has 2 aromatic rings. The molecule has 114 valence electrons. The zero-order valence-corrected chi connectivity index (χ0v) is 13.0. The minimum atomic E-state index is -0.554. The fraction of sp³-hybridized carbons (Fsp3) is 0.400. The van der Waals surface area contributed by atoms with E-state index < -0.39 is 11.6 Å². The van der Waals surface area contributed by atoms with E-state index in [1.807, 2.05) is 13.8 Å². The SMILES string of the molecule is CNC(Cc1c(F)cccc1F)c1c(Cl)cnn1C(C)C. The molecule has 0 saturated heterocycles. The highest BCUT2D eigenvalue weighted by Gasteiger charge is 2.23. The summed E-state index contributed by atoms with van der Waals surface area (Å²) < 4.78 is 29.4. The standard InChI is InChI=1S/C15H18ClF2N3/c1-9(2)21-15(11(16)8-20-21)14(19-3)7-10-12(17)5-4-6-13(10)18/h4-6,8-9,14,19H,7H2,1-3H3. The summed E-state index contributed by atoms with van der Waals surface area (Å²) in [5, 5.41) is 7.78. The maximum absolute atomic E-state index is 13.8. The molecule has 0 bridgehead atoms. The summed E-state index contributed by atoms with van der Waals surface area (Å²) in [6, 6.07) is 3.65. The van der Waals surface area contributed by atoms with Crippen LogP contribution in [0.4, 0.5) is 8.78 Å². The molecular formula is C15H18ClF2N3. The molecule has 0 aliphatic heterocycles. The summed E-state index contributed by atoms with van der Waals surface area (Å²) in [4.78, 5) is 0. The minimum Gasteiger partial charge on any atom is -0.311 e. The van der Waals surface area contributed by atoms with Gasteiger partial charge < -0.3 is 5.32 Å². The van der Waals surface area contributed by atoms with E-state index >= 15 is 0 Å². The van der Waals surface area contributed by atoms with Crippen molar-refractivity contribution in [3.05, 3.63) is 52.3 Å². The third kappa shape index (κ3) is 3.24. The van der Waals surface area contributed by atoms with E-state index in [2.05, 4.69) is 10.4 Å². The maximum atomic E-state index is 13.8. The fourth-order valence-corrected chi connectivity index (χ4v) is 2.62. The molecule has 2 rings (SSSR count). The average Bonchev–Trinajstić information content (AvgIpc) is 2.81. The van der Waals surface area contributed by atoms with Gasteiger partial charge in [-0.1, -0.05) is 17.7 Å². The van der Waals surface area contributed by atoms with Crippen molar-refractivity contribution in [3.8, 4) is 0 Å². The number of likely N-dealkylation sites (N-methyl/N-ethyl adjacent to an activating group) is 1. The molecule has 0 aliphatic rings. The average molecular weight is 314 g/mol. The molecule has 0 fully saturated rings. The van der Waals surface area contributed by atoms with Gasteiger partial charge in [0.05, 0.1) is 23.0 Å². The second kappa shape index (κ2) is 6.54. The second-order valence-corrected chi connectivity index (χ2v) is 5.57. The highest BCUT2D eigenvalue weighted by molar-refractivity contribution is 6.31. The third-order valence-electron chi connectivity index (χ3n) is 3.42. The predicted molar refractivity (Wildman–Crippen MR) is 79.5 cm³/mol. The minimum absolute atomic E-state index is 0.0458. The number of nitrogens with one attached hydrogen (secondary N) is 1. The van der Waals surface area contributed by atoms with Crippen molar-refractivity contribution in [1.82, 2.24) is 15.1 Å². The number of nitrogens with zero attached hydrogens (tertiary/aromatic N) is 2. The molecule has 6 heteroatoms. The van der Waals surface area contributed by atoms with E-state index in [1.54, 1.807) is 17.9 Å². The summed E-state index contributed by atoms with van der Waals surface area (Å²) in [6.07, 6.45) is 1.71. The van der Waals surface area contributed by atoms with Crippen molar-refractivity contribution in [1.29, 1.82) is 0 Å². The first kappa shape index (κ1) is 15.9. The predicted octanol–water partition coefficient (Wildman–Crippen LogP) is 3.90. The van der Waals surface area contributed by atoms with Crippen LogP contribution in [0.5, 0.6) is 0 Å². The third-order valence-corrected chi connectivity index (χ3v) is 3.72. The van der Waals surface area contributed by atoms with Gasteiger partial charge in [-0.3, -0.25) is 4.68 Å². The Morgan fingerprint density at radius 3 is 2.43 bits per heavy atom. The van der Waals surface area contributed by atoms with Crippen LogP contribution in [0.1, 0.15) is 37.2 Å². The Morgan fingerprint density at radius 2 is 1.90 bits per heavy atom. The van der Waals surface area contributed by atoms with Crippen LogP contribution in [0, 0.1) is 11.6 Å². The van der Waals surface area contributed by atoms with Crippen LogP contribution in [0.15, 0.2) is 24.4 Å². The van der Waals surface area contributed by atoms with Crippen molar-refractivity contribution in [2.45, 2.75) is 32.4 Å². The number of benzene rings is 1. The number of aromatic nitrogens is 2. The van der Waals surface area contributed by atoms with Crippen LogP contribution in [-0.4, -0.2) is 16.8 Å². The molecular weight excluding hydrogens is 296 g/mol. The van der Waals surface area contributed by atoms with Gasteiger partial charge in [0, 0.05) is 11.6 Å². The van der Waals surface area contributed by atoms with Gasteiger partial charge in [-0.2, -0.15) is 5.10 Å². The lowest BCUT2D eigenvalue weighted by Gasteiger charge is -2.21. The smallest absolute Gasteiger partial charge is 0.129 e. The Bertz CT molecular complexity index is 605. The summed E-state index contributed by atoms with van der Waals surface area (Å²) in [5.74, 6) is -1.11. The molecule has 1 N–H and O–H groups in total. The Hall–Kier alpha value is -1.46. The number of rotatable bonds is 5. The molecule has 0 saturated carbocycles. The normalized spacial score (nSPS) is 12.9. The van der Waals surface area contributed by atoms with Crippen LogP contribution >= 0.6 is 11.6 Å². The molecule has 1 unspecified atom stereocenters. The molecule has 1 atom stereocenters. The van der Waals surface area contributed by atoms with Gasteiger partial charge in [-0.25, -0.2) is 8.78 Å². The maximum Gasteiger partial charge on any atom is 0.129 e. The van der Waals surface area contributed by atoms with E-state index in [0.717, 1.165) is 5.69 Å². The van der Waals surface area contributed by atoms with Gasteiger partial charge in [0.15, 0.2) is 0 Å². The van der Waals surface area contributed by atoms with E-state index in [4.69, 9.17) is 11.6 Å². The van der Waals surface area contributed by atoms with Crippen LogP contribution in [0.3, 0.4) is 0 Å². The van der Waals surface area contributed by atoms with E-state index in [0.29, 0.717) is 5.02 Å². The second-order valence-electron chi connectivity index (χ2n) is 5.16. The van der Waals surface area contributed by atoms with E-state index in [1.165, 1.54) is 18.2 Å². The van der Waals surface area contributed by atoms with Crippen molar-refractivity contribution in [3.63, 3.8) is 0 Å². The highest BCUT2D eigenvalue weighted by atomic mass is 35.5. The monoisotopic (exact) mass is 313 g/mol. The Kier molecular flexibility index (Phi) is 4.96. The molecule has 0 aliphatic carbocycles. The molecule has 1 aromatic carbocycles. The molecule has 0 radical (unpaired) electrons. The lowest BCUT2D eigenvalue weighted by molar-refractivity contribution is 0.448. The number of hydrogen-bond donors (Lipinski definition) is 1. The zero-order chi connectivity index (χ0) is 15.6. The van der Waals surface area contributed by atoms with Crippen molar-refractivity contribution in [2.24, 2.45) is 0 Å². The van der Waals surface area contributed by atoms with Gasteiger partial charge in [0.25, 0.3) is 0 Å². The van der Waals surface area contributed by atoms with E-state index in [-0.39, 0.29) is 24.1 Å². The van der Waals surface area contributed by atoms with Gasteiger partial charge in [0.2, 0.25) is 0 Å². The molecule has 0 amide bonds. The molecule has 1 aromatic heterocycles. The Balaban J connectivity index is 2.39. The molecule has 3 nitrogen and oxygen atoms in total. The van der Waals surface area contributed by atoms with Crippen LogP contribution in [0.25, 0.3) is 0 Å². The first-order chi connectivity index (χ1) is 9.95. The van der Waals surface area contributed by atoms with Crippen LogP contribution in [0.2, 0.25) is 5.02 Å². The summed E-state index contributed by atoms with van der Waals surface area (Å²) in [6.45, 7) is 3.95. The molecule has 1 heterocycles. The lowest BCUT2D eigenvalue weighted by atomic mass is 10.0. The van der Waals surface area contributed by atoms with Crippen molar-refractivity contribution < 1.29 is 8.78 Å². The topological polar surface area (TPSA) is 29.9 Å². The summed E-state index contributed by atoms with van der Waals surface area (Å²) in [5.41, 5.74) is 0.779. The van der Waals surface area contributed by atoms with Crippen molar-refractivity contribution in [2.75, 3.05) is 7.05 Å². The largest absolute Gasteiger partial charge is 0.311 e. The molecule has 21 heavy (non-hydrogen) atoms. The van der Waals surface area contributed by atoms with Gasteiger partial charge in [-0.15, -0.1) is 0 Å². The van der Waals surface area contributed by atoms with Gasteiger partial charge in [-0.05, 0) is 39.4 Å². The number of halogens is 3. The van der Waals surface area contributed by atoms with Crippen LogP contribution in [-0.2, 0) is 6.42 Å².